The van der Waals surface area contributed by atoms with Crippen molar-refractivity contribution in [3.8, 4) is 0 Å². The lowest BCUT2D eigenvalue weighted by Crippen LogP contribution is -2.51. The molecule has 1 aliphatic rings. The van der Waals surface area contributed by atoms with E-state index in [1.165, 1.54) is 11.8 Å². The Kier molecular flexibility index (Phi) is 7.77. The number of benzene rings is 1. The number of nitrogens with two attached hydrogens (primary N) is 2. The second kappa shape index (κ2) is 10.7. The first-order valence-electron chi connectivity index (χ1n) is 10.7. The number of aryl methyl sites for hydroxylation is 1. The highest BCUT2D eigenvalue weighted by Crippen LogP contribution is 2.20. The maximum atomic E-state index is 13.1. The molecule has 170 valence electrons. The Hall–Kier alpha value is -3.46. The summed E-state index contributed by atoms with van der Waals surface area (Å²) in [7, 11) is 0. The summed E-state index contributed by atoms with van der Waals surface area (Å²) in [6, 6.07) is 11.5. The Morgan fingerprint density at radius 1 is 1.19 bits per heavy atom. The number of hydrogen-bond donors (Lipinski definition) is 4. The molecule has 9 heteroatoms. The summed E-state index contributed by atoms with van der Waals surface area (Å²) in [4.78, 5) is 43.0. The number of amides is 3. The molecule has 3 rings (SSSR count). The van der Waals surface area contributed by atoms with Gasteiger partial charge in [0, 0.05) is 32.3 Å². The summed E-state index contributed by atoms with van der Waals surface area (Å²) in [6.45, 7) is 1.92. The average Bonchev–Trinajstić information content (AvgIpc) is 3.19. The topological polar surface area (TPSA) is 143 Å². The van der Waals surface area contributed by atoms with E-state index in [1.807, 2.05) is 30.3 Å². The normalized spacial score (nSPS) is 18.8. The fourth-order valence-corrected chi connectivity index (χ4v) is 3.93. The third kappa shape index (κ3) is 6.27. The molecule has 0 unspecified atom stereocenters. The highest BCUT2D eigenvalue weighted by atomic mass is 16.2. The van der Waals surface area contributed by atoms with Crippen LogP contribution < -0.4 is 22.1 Å². The van der Waals surface area contributed by atoms with E-state index in [4.69, 9.17) is 11.5 Å². The molecule has 0 saturated carbocycles. The third-order valence-corrected chi connectivity index (χ3v) is 5.51. The van der Waals surface area contributed by atoms with Gasteiger partial charge in [0.15, 0.2) is 0 Å². The molecule has 3 atom stereocenters. The minimum Gasteiger partial charge on any atom is -0.384 e. The van der Waals surface area contributed by atoms with Crippen molar-refractivity contribution in [3.05, 3.63) is 59.8 Å². The summed E-state index contributed by atoms with van der Waals surface area (Å²) in [6.07, 6.45) is 3.04. The van der Waals surface area contributed by atoms with Crippen LogP contribution in [0.1, 0.15) is 30.9 Å². The molecule has 0 aliphatic carbocycles. The first-order valence-corrected chi connectivity index (χ1v) is 10.7. The van der Waals surface area contributed by atoms with Crippen LogP contribution in [0.4, 0.5) is 5.82 Å². The van der Waals surface area contributed by atoms with Crippen LogP contribution in [0.15, 0.2) is 48.7 Å². The fourth-order valence-electron chi connectivity index (χ4n) is 3.93. The Morgan fingerprint density at radius 2 is 1.94 bits per heavy atom. The third-order valence-electron chi connectivity index (χ3n) is 5.51. The van der Waals surface area contributed by atoms with Gasteiger partial charge in [0.2, 0.25) is 17.7 Å². The van der Waals surface area contributed by atoms with Crippen LogP contribution in [-0.4, -0.2) is 52.3 Å². The predicted molar refractivity (Wildman–Crippen MR) is 121 cm³/mol. The molecular formula is C23H30N6O3. The van der Waals surface area contributed by atoms with Crippen LogP contribution in [0, 0.1) is 0 Å². The first kappa shape index (κ1) is 23.2. The Bertz CT molecular complexity index is 952. The quantitative estimate of drug-likeness (QED) is 0.468. The van der Waals surface area contributed by atoms with E-state index in [1.54, 1.807) is 18.3 Å². The highest BCUT2D eigenvalue weighted by Gasteiger charge is 2.41. The van der Waals surface area contributed by atoms with Crippen LogP contribution in [0.3, 0.4) is 0 Å². The van der Waals surface area contributed by atoms with E-state index < -0.39 is 12.1 Å². The lowest BCUT2D eigenvalue weighted by Gasteiger charge is -2.26. The number of hydrogen-bond acceptors (Lipinski definition) is 6. The van der Waals surface area contributed by atoms with Gasteiger partial charge in [-0.05, 0) is 42.5 Å². The van der Waals surface area contributed by atoms with Gasteiger partial charge in [0.25, 0.3) is 0 Å². The number of nitrogen functional groups attached to an aromatic ring is 1. The summed E-state index contributed by atoms with van der Waals surface area (Å²) < 4.78 is 0. The summed E-state index contributed by atoms with van der Waals surface area (Å²) in [5.74, 6) is -0.424. The molecule has 1 aromatic carbocycles. The molecule has 0 spiro atoms. The van der Waals surface area contributed by atoms with Crippen LogP contribution in [0.25, 0.3) is 0 Å². The van der Waals surface area contributed by atoms with Gasteiger partial charge in [-0.3, -0.25) is 14.4 Å². The number of rotatable bonds is 8. The van der Waals surface area contributed by atoms with Gasteiger partial charge in [0.1, 0.15) is 11.9 Å². The van der Waals surface area contributed by atoms with Crippen molar-refractivity contribution in [2.24, 2.45) is 5.73 Å². The maximum Gasteiger partial charge on any atom is 0.243 e. The van der Waals surface area contributed by atoms with Gasteiger partial charge < -0.3 is 27.0 Å². The lowest BCUT2D eigenvalue weighted by molar-refractivity contribution is -0.139. The maximum absolute atomic E-state index is 13.1. The molecule has 2 heterocycles. The van der Waals surface area contributed by atoms with Crippen LogP contribution in [-0.2, 0) is 27.3 Å². The first-order chi connectivity index (χ1) is 15.3. The van der Waals surface area contributed by atoms with Gasteiger partial charge in [-0.15, -0.1) is 0 Å². The minimum atomic E-state index is -0.735. The molecular weight excluding hydrogens is 408 g/mol. The van der Waals surface area contributed by atoms with Crippen LogP contribution >= 0.6 is 0 Å². The SMILES string of the molecule is CC(=O)N[C@H]1C[C@@H](C(=O)NCc2ccnc(N)c2)N(C(=O)[C@H](N)CCc2ccccc2)C1. The van der Waals surface area contributed by atoms with Crippen LogP contribution in [0.5, 0.6) is 0 Å². The van der Waals surface area contributed by atoms with Gasteiger partial charge >= 0.3 is 0 Å². The van der Waals surface area contributed by atoms with Crippen LogP contribution in [0.2, 0.25) is 0 Å². The second-order valence-corrected chi connectivity index (χ2v) is 8.08. The number of anilines is 1. The largest absolute Gasteiger partial charge is 0.384 e. The zero-order valence-electron chi connectivity index (χ0n) is 18.2. The molecule has 9 nitrogen and oxygen atoms in total. The van der Waals surface area contributed by atoms with E-state index in [0.29, 0.717) is 25.1 Å². The van der Waals surface area contributed by atoms with Crippen molar-refractivity contribution >= 4 is 23.5 Å². The van der Waals surface area contributed by atoms with Crippen molar-refractivity contribution in [1.82, 2.24) is 20.5 Å². The average molecular weight is 439 g/mol. The number of carbonyl (C=O) groups excluding carboxylic acids is 3. The molecule has 1 fully saturated rings. The number of carbonyl (C=O) groups is 3. The van der Waals surface area contributed by atoms with Crippen molar-refractivity contribution in [2.75, 3.05) is 12.3 Å². The Morgan fingerprint density at radius 3 is 2.62 bits per heavy atom. The molecule has 1 aromatic heterocycles. The molecule has 32 heavy (non-hydrogen) atoms. The summed E-state index contributed by atoms with van der Waals surface area (Å²) in [5.41, 5.74) is 13.8. The molecule has 3 amide bonds. The number of aromatic nitrogens is 1. The fraction of sp³-hybridized carbons (Fsp3) is 0.391. The Balaban J connectivity index is 1.65. The van der Waals surface area contributed by atoms with Crippen molar-refractivity contribution in [1.29, 1.82) is 0 Å². The molecule has 6 N–H and O–H groups in total. The van der Waals surface area contributed by atoms with Gasteiger partial charge in [-0.1, -0.05) is 30.3 Å². The predicted octanol–water partition coefficient (Wildman–Crippen LogP) is 0.346. The van der Waals surface area contributed by atoms with E-state index >= 15 is 0 Å². The summed E-state index contributed by atoms with van der Waals surface area (Å²) >= 11 is 0. The summed E-state index contributed by atoms with van der Waals surface area (Å²) in [5, 5.41) is 5.66. The van der Waals surface area contributed by atoms with E-state index in [0.717, 1.165) is 11.1 Å². The second-order valence-electron chi connectivity index (χ2n) is 8.08. The van der Waals surface area contributed by atoms with Gasteiger partial charge in [0.05, 0.1) is 6.04 Å². The number of pyridine rings is 1. The van der Waals surface area contributed by atoms with Crippen molar-refractivity contribution in [2.45, 2.75) is 50.9 Å². The smallest absolute Gasteiger partial charge is 0.243 e. The number of likely N-dealkylation sites (tertiary alicyclic amines) is 1. The van der Waals surface area contributed by atoms with E-state index in [-0.39, 0.29) is 36.9 Å². The Labute approximate surface area is 187 Å². The van der Waals surface area contributed by atoms with Gasteiger partial charge in [-0.25, -0.2) is 4.98 Å². The van der Waals surface area contributed by atoms with Crippen molar-refractivity contribution < 1.29 is 14.4 Å². The van der Waals surface area contributed by atoms with Crippen molar-refractivity contribution in [3.63, 3.8) is 0 Å². The molecule has 0 radical (unpaired) electrons. The highest BCUT2D eigenvalue weighted by molar-refractivity contribution is 5.90. The zero-order chi connectivity index (χ0) is 23.1. The van der Waals surface area contributed by atoms with E-state index in [9.17, 15) is 14.4 Å². The number of nitrogens with zero attached hydrogens (tertiary/aromatic N) is 2. The van der Waals surface area contributed by atoms with Gasteiger partial charge in [-0.2, -0.15) is 0 Å². The molecule has 0 bridgehead atoms. The minimum absolute atomic E-state index is 0.205. The standard InChI is InChI=1S/C23H30N6O3/c1-15(30)28-18-12-20(22(31)27-13-17-9-10-26-21(25)11-17)29(14-18)23(32)19(24)8-7-16-5-3-2-4-6-16/h2-6,9-11,18-20H,7-8,12-14,24H2,1H3,(H2,25,26)(H,27,31)(H,28,30)/t18-,19+,20-/m0/s1. The van der Waals surface area contributed by atoms with E-state index in [2.05, 4.69) is 15.6 Å². The molecule has 2 aromatic rings. The molecule has 1 saturated heterocycles. The monoisotopic (exact) mass is 438 g/mol. The molecule has 1 aliphatic heterocycles. The zero-order valence-corrected chi connectivity index (χ0v) is 18.2. The number of nitrogens with one attached hydrogen (secondary N) is 2. The lowest BCUT2D eigenvalue weighted by atomic mass is 10.0.